The van der Waals surface area contributed by atoms with Crippen molar-refractivity contribution in [1.29, 1.82) is 5.41 Å². The lowest BCUT2D eigenvalue weighted by Gasteiger charge is -2.37. The molecule has 3 N–H and O–H groups in total. The summed E-state index contributed by atoms with van der Waals surface area (Å²) in [6.07, 6.45) is 3.08. The average molecular weight is 229 g/mol. The van der Waals surface area contributed by atoms with E-state index < -0.39 is 0 Å². The van der Waals surface area contributed by atoms with Crippen LogP contribution in [0, 0.1) is 5.41 Å². The summed E-state index contributed by atoms with van der Waals surface area (Å²) in [7, 11) is 0. The van der Waals surface area contributed by atoms with E-state index in [0.717, 1.165) is 24.6 Å². The molecule has 0 spiro atoms. The Labute approximate surface area is 97.3 Å². The second kappa shape index (κ2) is 6.38. The van der Waals surface area contributed by atoms with Crippen molar-refractivity contribution < 1.29 is 0 Å². The molecule has 0 amide bonds. The maximum Gasteiger partial charge on any atom is 0.0921 e. The molecular weight excluding hydrogens is 206 g/mol. The molecule has 15 heavy (non-hydrogen) atoms. The average Bonchev–Trinajstić information content (AvgIpc) is 2.25. The summed E-state index contributed by atoms with van der Waals surface area (Å²) in [5.74, 6) is 1.56. The summed E-state index contributed by atoms with van der Waals surface area (Å²) >= 11 is 2.09. The van der Waals surface area contributed by atoms with E-state index in [0.29, 0.717) is 11.9 Å². The van der Waals surface area contributed by atoms with Gasteiger partial charge in [0.25, 0.3) is 0 Å². The van der Waals surface area contributed by atoms with Crippen molar-refractivity contribution in [1.82, 2.24) is 4.90 Å². The molecule has 2 atom stereocenters. The second-order valence-electron chi connectivity index (χ2n) is 4.19. The highest BCUT2D eigenvalue weighted by Crippen LogP contribution is 2.24. The van der Waals surface area contributed by atoms with Gasteiger partial charge in [0.15, 0.2) is 0 Å². The molecule has 0 aromatic carbocycles. The Morgan fingerprint density at radius 3 is 2.87 bits per heavy atom. The van der Waals surface area contributed by atoms with Gasteiger partial charge in [-0.05, 0) is 12.8 Å². The van der Waals surface area contributed by atoms with E-state index in [1.165, 1.54) is 18.7 Å². The molecular formula is C11H23N3S. The van der Waals surface area contributed by atoms with Crippen LogP contribution in [-0.2, 0) is 0 Å². The van der Waals surface area contributed by atoms with Crippen LogP contribution < -0.4 is 5.73 Å². The summed E-state index contributed by atoms with van der Waals surface area (Å²) in [4.78, 5) is 2.52. The number of nitrogens with zero attached hydrogens (tertiary/aromatic N) is 1. The van der Waals surface area contributed by atoms with Gasteiger partial charge < -0.3 is 5.73 Å². The molecule has 1 aliphatic heterocycles. The third-order valence-electron chi connectivity index (χ3n) is 3.07. The van der Waals surface area contributed by atoms with E-state index in [9.17, 15) is 0 Å². The monoisotopic (exact) mass is 229 g/mol. The lowest BCUT2D eigenvalue weighted by Crippen LogP contribution is -2.45. The van der Waals surface area contributed by atoms with Gasteiger partial charge >= 0.3 is 0 Å². The van der Waals surface area contributed by atoms with Crippen LogP contribution in [0.25, 0.3) is 0 Å². The van der Waals surface area contributed by atoms with Crippen molar-refractivity contribution in [2.75, 3.05) is 18.8 Å². The molecule has 0 aromatic rings. The van der Waals surface area contributed by atoms with Crippen LogP contribution in [0.5, 0.6) is 0 Å². The van der Waals surface area contributed by atoms with Crippen LogP contribution >= 0.6 is 11.8 Å². The van der Waals surface area contributed by atoms with Gasteiger partial charge in [0.05, 0.1) is 5.84 Å². The topological polar surface area (TPSA) is 53.1 Å². The van der Waals surface area contributed by atoms with Gasteiger partial charge in [-0.25, -0.2) is 0 Å². The van der Waals surface area contributed by atoms with Gasteiger partial charge in [0.1, 0.15) is 0 Å². The summed E-state index contributed by atoms with van der Waals surface area (Å²) in [6, 6.07) is 0.484. The fourth-order valence-corrected chi connectivity index (χ4v) is 3.31. The molecule has 0 aromatic heterocycles. The fourth-order valence-electron chi connectivity index (χ4n) is 2.11. The van der Waals surface area contributed by atoms with Crippen LogP contribution in [0.1, 0.15) is 33.1 Å². The van der Waals surface area contributed by atoms with Crippen LogP contribution in [0.4, 0.5) is 0 Å². The van der Waals surface area contributed by atoms with Crippen LogP contribution in [0.3, 0.4) is 0 Å². The summed E-state index contributed by atoms with van der Waals surface area (Å²) < 4.78 is 0. The number of hydrogen-bond donors (Lipinski definition) is 2. The first kappa shape index (κ1) is 12.8. The molecule has 1 heterocycles. The minimum absolute atomic E-state index is 0.327. The Morgan fingerprint density at radius 1 is 1.60 bits per heavy atom. The van der Waals surface area contributed by atoms with Crippen molar-refractivity contribution in [3.8, 4) is 0 Å². The molecule has 4 heteroatoms. The minimum atomic E-state index is 0.327. The third-order valence-corrected chi connectivity index (χ3v) is 4.44. The lowest BCUT2D eigenvalue weighted by atomic mass is 10.1. The van der Waals surface area contributed by atoms with Crippen LogP contribution in [0.2, 0.25) is 0 Å². The second-order valence-corrected chi connectivity index (χ2v) is 5.60. The zero-order valence-corrected chi connectivity index (χ0v) is 10.6. The quantitative estimate of drug-likeness (QED) is 0.559. The van der Waals surface area contributed by atoms with Crippen molar-refractivity contribution in [3.05, 3.63) is 0 Å². The standard InChI is InChI=1S/C11H23N3S/c1-3-9(7-11(12)13)14-5-6-15-10(4-2)8-14/h9-10H,3-8H2,1-2H3,(H3,12,13). The number of nitrogens with two attached hydrogens (primary N) is 1. The maximum atomic E-state index is 7.39. The molecule has 3 nitrogen and oxygen atoms in total. The summed E-state index contributed by atoms with van der Waals surface area (Å²) in [5, 5.41) is 8.17. The first-order valence-corrected chi connectivity index (χ1v) is 6.90. The zero-order chi connectivity index (χ0) is 11.3. The van der Waals surface area contributed by atoms with Gasteiger partial charge in [0.2, 0.25) is 0 Å². The number of thioether (sulfide) groups is 1. The van der Waals surface area contributed by atoms with E-state index in [4.69, 9.17) is 11.1 Å². The fraction of sp³-hybridized carbons (Fsp3) is 0.909. The Balaban J connectivity index is 2.47. The van der Waals surface area contributed by atoms with Crippen molar-refractivity contribution >= 4 is 17.6 Å². The van der Waals surface area contributed by atoms with E-state index in [1.807, 2.05) is 0 Å². The number of nitrogens with one attached hydrogen (secondary N) is 1. The van der Waals surface area contributed by atoms with Gasteiger partial charge in [0, 0.05) is 36.6 Å². The first-order valence-electron chi connectivity index (χ1n) is 5.85. The van der Waals surface area contributed by atoms with Gasteiger partial charge in [-0.15, -0.1) is 0 Å². The summed E-state index contributed by atoms with van der Waals surface area (Å²) in [6.45, 7) is 6.78. The predicted molar refractivity (Wildman–Crippen MR) is 68.7 cm³/mol. The zero-order valence-electron chi connectivity index (χ0n) is 9.83. The predicted octanol–water partition coefficient (Wildman–Crippen LogP) is 1.92. The van der Waals surface area contributed by atoms with Crippen molar-refractivity contribution in [3.63, 3.8) is 0 Å². The number of hydrogen-bond acceptors (Lipinski definition) is 3. The highest BCUT2D eigenvalue weighted by Gasteiger charge is 2.24. The Morgan fingerprint density at radius 2 is 2.33 bits per heavy atom. The number of rotatable bonds is 5. The normalized spacial score (nSPS) is 25.1. The van der Waals surface area contributed by atoms with E-state index in [-0.39, 0.29) is 0 Å². The summed E-state index contributed by atoms with van der Waals surface area (Å²) in [5.41, 5.74) is 5.49. The highest BCUT2D eigenvalue weighted by molar-refractivity contribution is 8.00. The Bertz CT molecular complexity index is 208. The SMILES string of the molecule is CCC1CN(C(CC)CC(=N)N)CCS1. The first-order chi connectivity index (χ1) is 7.17. The molecule has 0 radical (unpaired) electrons. The van der Waals surface area contributed by atoms with Gasteiger partial charge in [-0.2, -0.15) is 11.8 Å². The van der Waals surface area contributed by atoms with Crippen LogP contribution in [0.15, 0.2) is 0 Å². The van der Waals surface area contributed by atoms with Crippen LogP contribution in [-0.4, -0.2) is 40.9 Å². The largest absolute Gasteiger partial charge is 0.388 e. The molecule has 1 aliphatic rings. The maximum absolute atomic E-state index is 7.39. The molecule has 88 valence electrons. The van der Waals surface area contributed by atoms with E-state index in [1.54, 1.807) is 0 Å². The lowest BCUT2D eigenvalue weighted by molar-refractivity contribution is 0.200. The van der Waals surface area contributed by atoms with Gasteiger partial charge in [-0.1, -0.05) is 13.8 Å². The van der Waals surface area contributed by atoms with E-state index in [2.05, 4.69) is 30.5 Å². The van der Waals surface area contributed by atoms with E-state index >= 15 is 0 Å². The molecule has 0 saturated carbocycles. The molecule has 2 unspecified atom stereocenters. The van der Waals surface area contributed by atoms with Crippen molar-refractivity contribution in [2.24, 2.45) is 5.73 Å². The van der Waals surface area contributed by atoms with Crippen molar-refractivity contribution in [2.45, 2.75) is 44.4 Å². The third kappa shape index (κ3) is 4.03. The Kier molecular flexibility index (Phi) is 5.47. The van der Waals surface area contributed by atoms with Gasteiger partial charge in [-0.3, -0.25) is 10.3 Å². The molecule has 1 rings (SSSR count). The number of amidine groups is 1. The molecule has 1 fully saturated rings. The highest BCUT2D eigenvalue weighted by atomic mass is 32.2. The molecule has 1 saturated heterocycles. The Hall–Kier alpha value is -0.220. The minimum Gasteiger partial charge on any atom is -0.388 e. The molecule has 0 aliphatic carbocycles. The molecule has 0 bridgehead atoms. The smallest absolute Gasteiger partial charge is 0.0921 e.